The molecular formula is C17H22NP. The monoisotopic (exact) mass is 271 g/mol. The predicted octanol–water partition coefficient (Wildman–Crippen LogP) is 3.77. The smallest absolute Gasteiger partial charge is 0.0281 e. The Labute approximate surface area is 118 Å². The predicted molar refractivity (Wildman–Crippen MR) is 86.6 cm³/mol. The van der Waals surface area contributed by atoms with Gasteiger partial charge in [0.15, 0.2) is 0 Å². The summed E-state index contributed by atoms with van der Waals surface area (Å²) in [6, 6.07) is 21.8. The second-order valence-corrected chi connectivity index (χ2v) is 6.75. The van der Waals surface area contributed by atoms with Crippen molar-refractivity contribution >= 4 is 18.7 Å². The van der Waals surface area contributed by atoms with E-state index in [1.165, 1.54) is 17.0 Å². The van der Waals surface area contributed by atoms with Crippen LogP contribution in [0.25, 0.3) is 0 Å². The van der Waals surface area contributed by atoms with Crippen LogP contribution in [0.5, 0.6) is 0 Å². The van der Waals surface area contributed by atoms with Crippen molar-refractivity contribution in [2.45, 2.75) is 20.3 Å². The molecular weight excluding hydrogens is 249 g/mol. The van der Waals surface area contributed by atoms with E-state index in [-0.39, 0.29) is 8.07 Å². The molecule has 0 unspecified atom stereocenters. The van der Waals surface area contributed by atoms with Crippen LogP contribution in [0, 0.1) is 0 Å². The van der Waals surface area contributed by atoms with Crippen LogP contribution in [-0.2, 0) is 0 Å². The Morgan fingerprint density at radius 2 is 1.26 bits per heavy atom. The summed E-state index contributed by atoms with van der Waals surface area (Å²) in [6.45, 7) is 6.78. The van der Waals surface area contributed by atoms with Crippen molar-refractivity contribution in [3.05, 3.63) is 60.7 Å². The highest BCUT2D eigenvalue weighted by Crippen LogP contribution is 2.37. The average molecular weight is 271 g/mol. The molecule has 0 saturated carbocycles. The Hall–Kier alpha value is -1.17. The summed E-state index contributed by atoms with van der Waals surface area (Å²) in [7, 11) is -0.387. The number of nitrogens with zero attached hydrogens (tertiary/aromatic N) is 1. The largest absolute Gasteiger partial charge is 0.275 e. The molecule has 0 spiro atoms. The zero-order chi connectivity index (χ0) is 13.5. The molecule has 0 atom stereocenters. The van der Waals surface area contributed by atoms with Crippen LogP contribution in [0.2, 0.25) is 0 Å². The molecule has 2 aromatic carbocycles. The fraction of sp³-hybridized carbons (Fsp3) is 0.294. The van der Waals surface area contributed by atoms with Crippen molar-refractivity contribution in [2.24, 2.45) is 0 Å². The van der Waals surface area contributed by atoms with E-state index in [2.05, 4.69) is 79.2 Å². The van der Waals surface area contributed by atoms with E-state index in [1.807, 2.05) is 0 Å². The first-order chi connectivity index (χ1) is 9.36. The first-order valence-electron chi connectivity index (χ1n) is 7.02. The molecule has 0 bridgehead atoms. The zero-order valence-electron chi connectivity index (χ0n) is 11.8. The maximum Gasteiger partial charge on any atom is 0.0281 e. The summed E-state index contributed by atoms with van der Waals surface area (Å²) < 4.78 is 2.61. The Morgan fingerprint density at radius 3 is 1.63 bits per heavy atom. The fourth-order valence-electron chi connectivity index (χ4n) is 2.27. The van der Waals surface area contributed by atoms with E-state index < -0.39 is 0 Å². The third-order valence-electron chi connectivity index (χ3n) is 3.13. The molecule has 0 saturated heterocycles. The summed E-state index contributed by atoms with van der Waals surface area (Å²) >= 11 is 0. The van der Waals surface area contributed by atoms with Gasteiger partial charge >= 0.3 is 0 Å². The van der Waals surface area contributed by atoms with E-state index in [1.54, 1.807) is 0 Å². The lowest BCUT2D eigenvalue weighted by atomic mass is 10.4. The van der Waals surface area contributed by atoms with Gasteiger partial charge in [-0.15, -0.1) is 0 Å². The van der Waals surface area contributed by atoms with Gasteiger partial charge in [-0.25, -0.2) is 0 Å². The van der Waals surface area contributed by atoms with Crippen molar-refractivity contribution in [2.75, 3.05) is 13.1 Å². The summed E-state index contributed by atoms with van der Waals surface area (Å²) in [6.07, 6.45) is 1.20. The normalized spacial score (nSPS) is 11.2. The van der Waals surface area contributed by atoms with Crippen LogP contribution >= 0.6 is 8.07 Å². The Balaban J connectivity index is 2.38. The van der Waals surface area contributed by atoms with Crippen LogP contribution in [0.4, 0.5) is 0 Å². The Morgan fingerprint density at radius 1 is 0.789 bits per heavy atom. The van der Waals surface area contributed by atoms with Gasteiger partial charge in [-0.3, -0.25) is 4.67 Å². The SMILES string of the molecule is CCCN(CC)P(c1ccccc1)c1ccccc1. The highest BCUT2D eigenvalue weighted by molar-refractivity contribution is 7.70. The van der Waals surface area contributed by atoms with Crippen molar-refractivity contribution in [1.29, 1.82) is 0 Å². The summed E-state index contributed by atoms with van der Waals surface area (Å²) in [5.41, 5.74) is 0. The van der Waals surface area contributed by atoms with Crippen LogP contribution in [0.15, 0.2) is 60.7 Å². The fourth-order valence-corrected chi connectivity index (χ4v) is 4.81. The van der Waals surface area contributed by atoms with E-state index in [0.717, 1.165) is 13.1 Å². The van der Waals surface area contributed by atoms with Gasteiger partial charge in [-0.05, 0) is 23.6 Å². The molecule has 2 heteroatoms. The van der Waals surface area contributed by atoms with Crippen molar-refractivity contribution < 1.29 is 0 Å². The average Bonchev–Trinajstić information content (AvgIpc) is 2.49. The summed E-state index contributed by atoms with van der Waals surface area (Å²) in [4.78, 5) is 0. The van der Waals surface area contributed by atoms with Gasteiger partial charge in [0.25, 0.3) is 0 Å². The number of hydrogen-bond acceptors (Lipinski definition) is 1. The number of rotatable bonds is 6. The first-order valence-corrected chi connectivity index (χ1v) is 8.31. The van der Waals surface area contributed by atoms with Crippen LogP contribution in [-0.4, -0.2) is 17.8 Å². The van der Waals surface area contributed by atoms with Gasteiger partial charge in [-0.2, -0.15) is 0 Å². The molecule has 0 aromatic heterocycles. The zero-order valence-corrected chi connectivity index (χ0v) is 12.7. The van der Waals surface area contributed by atoms with Gasteiger partial charge < -0.3 is 0 Å². The minimum atomic E-state index is -0.387. The standard InChI is InChI=1S/C17H22NP/c1-3-15-18(4-2)19(16-11-7-5-8-12-16)17-13-9-6-10-14-17/h5-14H,3-4,15H2,1-2H3. The molecule has 0 amide bonds. The second-order valence-electron chi connectivity index (χ2n) is 4.53. The molecule has 0 aliphatic carbocycles. The van der Waals surface area contributed by atoms with E-state index in [0.29, 0.717) is 0 Å². The molecule has 100 valence electrons. The maximum absolute atomic E-state index is 2.61. The van der Waals surface area contributed by atoms with Crippen molar-refractivity contribution in [3.63, 3.8) is 0 Å². The van der Waals surface area contributed by atoms with Crippen molar-refractivity contribution in [1.82, 2.24) is 4.67 Å². The molecule has 2 aromatic rings. The third kappa shape index (κ3) is 3.65. The van der Waals surface area contributed by atoms with Crippen LogP contribution < -0.4 is 10.6 Å². The Bertz CT molecular complexity index is 430. The first kappa shape index (κ1) is 14.2. The number of benzene rings is 2. The highest BCUT2D eigenvalue weighted by Gasteiger charge is 2.19. The molecule has 1 nitrogen and oxygen atoms in total. The molecule has 0 heterocycles. The molecule has 0 fully saturated rings. The lowest BCUT2D eigenvalue weighted by Crippen LogP contribution is -2.29. The highest BCUT2D eigenvalue weighted by atomic mass is 31.1. The molecule has 2 rings (SSSR count). The maximum atomic E-state index is 2.61. The molecule has 0 aliphatic heterocycles. The molecule has 0 N–H and O–H groups in total. The van der Waals surface area contributed by atoms with Crippen molar-refractivity contribution in [3.8, 4) is 0 Å². The van der Waals surface area contributed by atoms with Crippen LogP contribution in [0.3, 0.4) is 0 Å². The summed E-state index contributed by atoms with van der Waals surface area (Å²) in [5.74, 6) is 0. The second kappa shape index (κ2) is 7.43. The van der Waals surface area contributed by atoms with Gasteiger partial charge in [0.1, 0.15) is 0 Å². The summed E-state index contributed by atoms with van der Waals surface area (Å²) in [5, 5.41) is 2.89. The van der Waals surface area contributed by atoms with E-state index in [9.17, 15) is 0 Å². The minimum Gasteiger partial charge on any atom is -0.275 e. The number of hydrogen-bond donors (Lipinski definition) is 0. The molecule has 0 radical (unpaired) electrons. The van der Waals surface area contributed by atoms with E-state index in [4.69, 9.17) is 0 Å². The van der Waals surface area contributed by atoms with Gasteiger partial charge in [0.2, 0.25) is 0 Å². The quantitative estimate of drug-likeness (QED) is 0.723. The lowest BCUT2D eigenvalue weighted by molar-refractivity contribution is 0.484. The Kier molecular flexibility index (Phi) is 5.57. The van der Waals surface area contributed by atoms with Gasteiger partial charge in [-0.1, -0.05) is 74.5 Å². The van der Waals surface area contributed by atoms with Crippen LogP contribution in [0.1, 0.15) is 20.3 Å². The lowest BCUT2D eigenvalue weighted by Gasteiger charge is -2.31. The molecule has 0 aliphatic rings. The van der Waals surface area contributed by atoms with Gasteiger partial charge in [0, 0.05) is 14.6 Å². The topological polar surface area (TPSA) is 3.24 Å². The molecule has 19 heavy (non-hydrogen) atoms. The van der Waals surface area contributed by atoms with Gasteiger partial charge in [0.05, 0.1) is 0 Å². The minimum absolute atomic E-state index is 0.387. The van der Waals surface area contributed by atoms with E-state index >= 15 is 0 Å². The third-order valence-corrected chi connectivity index (χ3v) is 5.75.